The first-order valence-electron chi connectivity index (χ1n) is 5.68. The minimum Gasteiger partial charge on any atom is -0.294 e. The van der Waals surface area contributed by atoms with Crippen molar-refractivity contribution in [3.8, 4) is 0 Å². The SMILES string of the molecule is C=C/C(=C\C=C/C)C(=O)C1CCCN(P)C1. The molecular weight excluding hydrogens is 217 g/mol. The number of piperidine rings is 1. The zero-order chi connectivity index (χ0) is 12.0. The summed E-state index contributed by atoms with van der Waals surface area (Å²) in [5, 5.41) is 0. The van der Waals surface area contributed by atoms with Gasteiger partial charge in [-0.15, -0.1) is 0 Å². The van der Waals surface area contributed by atoms with Crippen molar-refractivity contribution in [3.63, 3.8) is 0 Å². The van der Waals surface area contributed by atoms with Gasteiger partial charge in [0, 0.05) is 24.6 Å². The van der Waals surface area contributed by atoms with Crippen LogP contribution in [-0.2, 0) is 4.79 Å². The van der Waals surface area contributed by atoms with Gasteiger partial charge < -0.3 is 0 Å². The first kappa shape index (κ1) is 13.3. The molecule has 0 aromatic heterocycles. The fraction of sp³-hybridized carbons (Fsp3) is 0.462. The summed E-state index contributed by atoms with van der Waals surface area (Å²) in [4.78, 5) is 12.2. The minimum atomic E-state index is 0.126. The van der Waals surface area contributed by atoms with E-state index >= 15 is 0 Å². The second-order valence-corrected chi connectivity index (χ2v) is 4.78. The molecular formula is C13H20NOP. The van der Waals surface area contributed by atoms with Crippen molar-refractivity contribution in [2.75, 3.05) is 13.1 Å². The lowest BCUT2D eigenvalue weighted by atomic mass is 9.90. The number of hydrogen-bond acceptors (Lipinski definition) is 2. The van der Waals surface area contributed by atoms with E-state index in [-0.39, 0.29) is 11.7 Å². The molecule has 0 N–H and O–H groups in total. The maximum absolute atomic E-state index is 12.2. The van der Waals surface area contributed by atoms with Crippen LogP contribution in [0, 0.1) is 5.92 Å². The third-order valence-electron chi connectivity index (χ3n) is 2.80. The number of Topliss-reactive ketones (excluding diaryl/α,β-unsaturated/α-hetero) is 1. The molecule has 0 aromatic rings. The standard InChI is InChI=1S/C13H20NOP/c1-3-5-7-11(4-2)13(15)12-8-6-9-14(16)10-12/h3-5,7,12H,2,6,8-10,16H2,1H3/b5-3-,11-7+. The number of carbonyl (C=O) groups is 1. The molecule has 1 aliphatic heterocycles. The molecule has 1 fully saturated rings. The molecule has 1 heterocycles. The molecule has 2 nitrogen and oxygen atoms in total. The van der Waals surface area contributed by atoms with Crippen LogP contribution < -0.4 is 0 Å². The van der Waals surface area contributed by atoms with Crippen LogP contribution in [0.5, 0.6) is 0 Å². The Hall–Kier alpha value is -0.720. The highest BCUT2D eigenvalue weighted by Crippen LogP contribution is 2.22. The van der Waals surface area contributed by atoms with E-state index in [1.54, 1.807) is 6.08 Å². The molecule has 2 unspecified atom stereocenters. The topological polar surface area (TPSA) is 20.3 Å². The van der Waals surface area contributed by atoms with Gasteiger partial charge >= 0.3 is 0 Å². The number of ketones is 1. The van der Waals surface area contributed by atoms with Gasteiger partial charge in [-0.3, -0.25) is 9.46 Å². The van der Waals surface area contributed by atoms with Gasteiger partial charge in [0.15, 0.2) is 5.78 Å². The number of nitrogens with zero attached hydrogens (tertiary/aromatic N) is 1. The predicted molar refractivity (Wildman–Crippen MR) is 72.1 cm³/mol. The van der Waals surface area contributed by atoms with Crippen LogP contribution in [-0.4, -0.2) is 23.5 Å². The Kier molecular flexibility index (Phi) is 5.65. The fourth-order valence-electron chi connectivity index (χ4n) is 1.91. The number of allylic oxidation sites excluding steroid dienone is 5. The van der Waals surface area contributed by atoms with E-state index in [0.29, 0.717) is 0 Å². The van der Waals surface area contributed by atoms with Gasteiger partial charge in [0.1, 0.15) is 0 Å². The van der Waals surface area contributed by atoms with Crippen LogP contribution in [0.25, 0.3) is 0 Å². The highest BCUT2D eigenvalue weighted by Gasteiger charge is 2.24. The number of hydrogen-bond donors (Lipinski definition) is 0. The largest absolute Gasteiger partial charge is 0.294 e. The Bertz CT molecular complexity index is 320. The van der Waals surface area contributed by atoms with E-state index in [2.05, 4.69) is 20.6 Å². The molecule has 0 aliphatic carbocycles. The zero-order valence-electron chi connectivity index (χ0n) is 9.86. The van der Waals surface area contributed by atoms with Crippen molar-refractivity contribution in [2.24, 2.45) is 5.92 Å². The van der Waals surface area contributed by atoms with Gasteiger partial charge in [0.05, 0.1) is 0 Å². The molecule has 1 aliphatic rings. The summed E-state index contributed by atoms with van der Waals surface area (Å²) in [5.74, 6) is 0.348. The third-order valence-corrected chi connectivity index (χ3v) is 3.27. The average Bonchev–Trinajstić information content (AvgIpc) is 2.29. The molecule has 3 heteroatoms. The van der Waals surface area contributed by atoms with E-state index < -0.39 is 0 Å². The van der Waals surface area contributed by atoms with Crippen LogP contribution in [0.3, 0.4) is 0 Å². The summed E-state index contributed by atoms with van der Waals surface area (Å²) in [7, 11) is 2.68. The second kappa shape index (κ2) is 6.78. The third kappa shape index (κ3) is 3.70. The van der Waals surface area contributed by atoms with Gasteiger partial charge in [-0.1, -0.05) is 40.3 Å². The minimum absolute atomic E-state index is 0.126. The maximum atomic E-state index is 12.2. The number of carbonyl (C=O) groups excluding carboxylic acids is 1. The molecule has 1 saturated heterocycles. The summed E-state index contributed by atoms with van der Waals surface area (Å²) >= 11 is 0. The van der Waals surface area contributed by atoms with Gasteiger partial charge in [0.2, 0.25) is 0 Å². The summed E-state index contributed by atoms with van der Waals surface area (Å²) in [5.41, 5.74) is 0.725. The first-order chi connectivity index (χ1) is 7.69. The molecule has 0 aromatic carbocycles. The highest BCUT2D eigenvalue weighted by molar-refractivity contribution is 7.13. The van der Waals surface area contributed by atoms with E-state index in [0.717, 1.165) is 31.5 Å². The molecule has 0 saturated carbocycles. The zero-order valence-corrected chi connectivity index (χ0v) is 11.0. The van der Waals surface area contributed by atoms with Crippen LogP contribution in [0.4, 0.5) is 0 Å². The van der Waals surface area contributed by atoms with E-state index in [1.165, 1.54) is 0 Å². The van der Waals surface area contributed by atoms with Crippen LogP contribution >= 0.6 is 9.39 Å². The van der Waals surface area contributed by atoms with Crippen LogP contribution in [0.1, 0.15) is 19.8 Å². The monoisotopic (exact) mass is 237 g/mol. The Morgan fingerprint density at radius 1 is 1.56 bits per heavy atom. The molecule has 88 valence electrons. The summed E-state index contributed by atoms with van der Waals surface area (Å²) < 4.78 is 2.14. The molecule has 0 spiro atoms. The Labute approximate surface area is 100 Å². The summed E-state index contributed by atoms with van der Waals surface area (Å²) in [6.45, 7) is 7.55. The van der Waals surface area contributed by atoms with Crippen molar-refractivity contribution < 1.29 is 4.79 Å². The number of rotatable bonds is 4. The average molecular weight is 237 g/mol. The second-order valence-electron chi connectivity index (χ2n) is 4.05. The van der Waals surface area contributed by atoms with Crippen LogP contribution in [0.2, 0.25) is 0 Å². The van der Waals surface area contributed by atoms with Crippen LogP contribution in [0.15, 0.2) is 36.5 Å². The van der Waals surface area contributed by atoms with Gasteiger partial charge in [-0.2, -0.15) is 0 Å². The molecule has 16 heavy (non-hydrogen) atoms. The quantitative estimate of drug-likeness (QED) is 0.425. The first-order valence-corrected chi connectivity index (χ1v) is 6.20. The lowest BCUT2D eigenvalue weighted by Gasteiger charge is -2.28. The van der Waals surface area contributed by atoms with Gasteiger partial charge in [-0.25, -0.2) is 0 Å². The van der Waals surface area contributed by atoms with Crippen molar-refractivity contribution in [2.45, 2.75) is 19.8 Å². The van der Waals surface area contributed by atoms with Crippen molar-refractivity contribution in [1.82, 2.24) is 4.67 Å². The normalized spacial score (nSPS) is 23.6. The van der Waals surface area contributed by atoms with Crippen molar-refractivity contribution >= 4 is 15.2 Å². The smallest absolute Gasteiger partial charge is 0.167 e. The van der Waals surface area contributed by atoms with E-state index in [4.69, 9.17) is 0 Å². The summed E-state index contributed by atoms with van der Waals surface area (Å²) in [6, 6.07) is 0. The van der Waals surface area contributed by atoms with Gasteiger partial charge in [-0.05, 0) is 19.8 Å². The molecule has 0 radical (unpaired) electrons. The van der Waals surface area contributed by atoms with E-state index in [1.807, 2.05) is 25.2 Å². The van der Waals surface area contributed by atoms with Crippen molar-refractivity contribution in [3.05, 3.63) is 36.5 Å². The lowest BCUT2D eigenvalue weighted by molar-refractivity contribution is -0.119. The predicted octanol–water partition coefficient (Wildman–Crippen LogP) is 2.75. The highest BCUT2D eigenvalue weighted by atomic mass is 31.0. The lowest BCUT2D eigenvalue weighted by Crippen LogP contribution is -2.33. The maximum Gasteiger partial charge on any atom is 0.167 e. The molecule has 2 atom stereocenters. The Morgan fingerprint density at radius 2 is 2.31 bits per heavy atom. The Morgan fingerprint density at radius 3 is 2.88 bits per heavy atom. The Balaban J connectivity index is 2.71. The summed E-state index contributed by atoms with van der Waals surface area (Å²) in [6.07, 6.45) is 9.38. The fourth-order valence-corrected chi connectivity index (χ4v) is 2.34. The molecule has 0 bridgehead atoms. The van der Waals surface area contributed by atoms with Crippen molar-refractivity contribution in [1.29, 1.82) is 0 Å². The van der Waals surface area contributed by atoms with Gasteiger partial charge in [0.25, 0.3) is 0 Å². The molecule has 0 amide bonds. The van der Waals surface area contributed by atoms with E-state index in [9.17, 15) is 4.79 Å². The molecule has 1 rings (SSSR count).